The largest absolute Gasteiger partial charge is 0.252 e. The second-order valence-electron chi connectivity index (χ2n) is 3.16. The van der Waals surface area contributed by atoms with Gasteiger partial charge in [-0.2, -0.15) is 4.39 Å². The van der Waals surface area contributed by atoms with Crippen LogP contribution in [0.3, 0.4) is 0 Å². The fourth-order valence-corrected chi connectivity index (χ4v) is 0.571. The molecule has 1 aromatic heterocycles. The van der Waals surface area contributed by atoms with Crippen LogP contribution in [0.1, 0.15) is 20.8 Å². The molecule has 0 saturated heterocycles. The van der Waals surface area contributed by atoms with Crippen molar-refractivity contribution in [2.24, 2.45) is 0 Å². The summed E-state index contributed by atoms with van der Waals surface area (Å²) in [5, 5.41) is 6.81. The summed E-state index contributed by atoms with van der Waals surface area (Å²) in [5.41, 5.74) is -0.183. The van der Waals surface area contributed by atoms with E-state index >= 15 is 0 Å². The monoisotopic (exact) mass is 143 g/mol. The summed E-state index contributed by atoms with van der Waals surface area (Å²) in [6, 6.07) is 0. The molecule has 0 unspecified atom stereocenters. The molecule has 3 nitrogen and oxygen atoms in total. The smallest absolute Gasteiger partial charge is 0.244 e. The Morgan fingerprint density at radius 1 is 1.50 bits per heavy atom. The van der Waals surface area contributed by atoms with Crippen LogP contribution in [0.4, 0.5) is 4.39 Å². The maximum absolute atomic E-state index is 12.3. The first-order valence-corrected chi connectivity index (χ1v) is 3.08. The summed E-state index contributed by atoms with van der Waals surface area (Å²) >= 11 is 0. The van der Waals surface area contributed by atoms with Crippen LogP contribution in [0.5, 0.6) is 0 Å². The SMILES string of the molecule is CC(C)(C)n1cc(F)nn1. The first kappa shape index (κ1) is 7.18. The molecule has 0 aliphatic rings. The van der Waals surface area contributed by atoms with Gasteiger partial charge in [0.2, 0.25) is 0 Å². The number of nitrogens with zero attached hydrogens (tertiary/aromatic N) is 3. The molecule has 56 valence electrons. The Hall–Kier alpha value is -0.930. The lowest BCUT2D eigenvalue weighted by Crippen LogP contribution is -2.22. The topological polar surface area (TPSA) is 30.7 Å². The van der Waals surface area contributed by atoms with Crippen LogP contribution in [0.25, 0.3) is 0 Å². The molecular formula is C6H10FN3. The van der Waals surface area contributed by atoms with Crippen LogP contribution in [-0.2, 0) is 5.54 Å². The highest BCUT2D eigenvalue weighted by Gasteiger charge is 2.14. The standard InChI is InChI=1S/C6H10FN3/c1-6(2,3)10-4-5(7)8-9-10/h4H,1-3H3. The average molecular weight is 143 g/mol. The van der Waals surface area contributed by atoms with E-state index in [-0.39, 0.29) is 5.54 Å². The number of rotatable bonds is 0. The molecule has 0 aromatic carbocycles. The average Bonchev–Trinajstić information content (AvgIpc) is 2.11. The van der Waals surface area contributed by atoms with Crippen molar-refractivity contribution in [3.05, 3.63) is 12.1 Å². The van der Waals surface area contributed by atoms with Gasteiger partial charge in [0, 0.05) is 0 Å². The molecule has 0 N–H and O–H groups in total. The fraction of sp³-hybridized carbons (Fsp3) is 0.667. The van der Waals surface area contributed by atoms with Crippen LogP contribution in [0.15, 0.2) is 6.20 Å². The van der Waals surface area contributed by atoms with E-state index in [1.165, 1.54) is 10.9 Å². The van der Waals surface area contributed by atoms with Crippen molar-refractivity contribution in [3.8, 4) is 0 Å². The molecule has 1 aromatic rings. The summed E-state index contributed by atoms with van der Waals surface area (Å²) in [5.74, 6) is -0.532. The lowest BCUT2D eigenvalue weighted by molar-refractivity contribution is 0.346. The van der Waals surface area contributed by atoms with Crippen LogP contribution < -0.4 is 0 Å². The summed E-state index contributed by atoms with van der Waals surface area (Å²) < 4.78 is 13.8. The molecular weight excluding hydrogens is 133 g/mol. The zero-order valence-electron chi connectivity index (χ0n) is 6.30. The molecule has 0 radical (unpaired) electrons. The van der Waals surface area contributed by atoms with Gasteiger partial charge in [0.05, 0.1) is 11.7 Å². The lowest BCUT2D eigenvalue weighted by Gasteiger charge is -2.16. The van der Waals surface area contributed by atoms with Crippen LogP contribution in [-0.4, -0.2) is 15.0 Å². The van der Waals surface area contributed by atoms with Gasteiger partial charge < -0.3 is 0 Å². The van der Waals surface area contributed by atoms with Crippen LogP contribution in [0, 0.1) is 5.95 Å². The lowest BCUT2D eigenvalue weighted by atomic mass is 10.1. The van der Waals surface area contributed by atoms with Gasteiger partial charge in [-0.05, 0) is 20.8 Å². The van der Waals surface area contributed by atoms with Gasteiger partial charge in [0.15, 0.2) is 0 Å². The Kier molecular flexibility index (Phi) is 1.46. The molecule has 0 aliphatic carbocycles. The van der Waals surface area contributed by atoms with Crippen LogP contribution >= 0.6 is 0 Å². The highest BCUT2D eigenvalue weighted by molar-refractivity contribution is 4.77. The third kappa shape index (κ3) is 1.32. The van der Waals surface area contributed by atoms with E-state index in [1.807, 2.05) is 20.8 Å². The van der Waals surface area contributed by atoms with E-state index in [1.54, 1.807) is 0 Å². The number of hydrogen-bond acceptors (Lipinski definition) is 2. The quantitative estimate of drug-likeness (QED) is 0.545. The van der Waals surface area contributed by atoms with Gasteiger partial charge in [-0.25, -0.2) is 4.68 Å². The van der Waals surface area contributed by atoms with Crippen molar-refractivity contribution in [1.82, 2.24) is 15.0 Å². The van der Waals surface area contributed by atoms with Gasteiger partial charge in [0.1, 0.15) is 0 Å². The van der Waals surface area contributed by atoms with Gasteiger partial charge >= 0.3 is 0 Å². The van der Waals surface area contributed by atoms with Gasteiger partial charge in [-0.1, -0.05) is 10.3 Å². The summed E-state index contributed by atoms with van der Waals surface area (Å²) in [4.78, 5) is 0. The molecule has 1 rings (SSSR count). The first-order valence-electron chi connectivity index (χ1n) is 3.08. The van der Waals surface area contributed by atoms with E-state index in [9.17, 15) is 4.39 Å². The van der Waals surface area contributed by atoms with E-state index in [4.69, 9.17) is 0 Å². The highest BCUT2D eigenvalue weighted by Crippen LogP contribution is 2.10. The van der Waals surface area contributed by atoms with Gasteiger partial charge in [-0.15, -0.1) is 0 Å². The maximum Gasteiger partial charge on any atom is 0.252 e. The van der Waals surface area contributed by atoms with Crippen molar-refractivity contribution in [1.29, 1.82) is 0 Å². The number of halogens is 1. The molecule has 0 saturated carbocycles. The minimum absolute atomic E-state index is 0.183. The fourth-order valence-electron chi connectivity index (χ4n) is 0.571. The van der Waals surface area contributed by atoms with Gasteiger partial charge in [0.25, 0.3) is 5.95 Å². The molecule has 0 atom stereocenters. The molecule has 0 bridgehead atoms. The zero-order chi connectivity index (χ0) is 7.78. The predicted molar refractivity (Wildman–Crippen MR) is 35.0 cm³/mol. The Bertz CT molecular complexity index is 223. The van der Waals surface area contributed by atoms with Crippen LogP contribution in [0.2, 0.25) is 0 Å². The minimum atomic E-state index is -0.532. The molecule has 1 heterocycles. The molecule has 0 spiro atoms. The Morgan fingerprint density at radius 3 is 2.30 bits per heavy atom. The molecule has 10 heavy (non-hydrogen) atoms. The van der Waals surface area contributed by atoms with Gasteiger partial charge in [-0.3, -0.25) is 0 Å². The van der Waals surface area contributed by atoms with Crippen molar-refractivity contribution in [2.75, 3.05) is 0 Å². The first-order chi connectivity index (χ1) is 4.50. The summed E-state index contributed by atoms with van der Waals surface area (Å²) in [6.45, 7) is 5.80. The normalized spacial score (nSPS) is 12.0. The second kappa shape index (κ2) is 2.04. The van der Waals surface area contributed by atoms with E-state index < -0.39 is 5.95 Å². The predicted octanol–water partition coefficient (Wildman–Crippen LogP) is 1.17. The Labute approximate surface area is 58.9 Å². The highest BCUT2D eigenvalue weighted by atomic mass is 19.1. The third-order valence-corrected chi connectivity index (χ3v) is 1.15. The Morgan fingerprint density at radius 2 is 2.10 bits per heavy atom. The summed E-state index contributed by atoms with van der Waals surface area (Å²) in [7, 11) is 0. The van der Waals surface area contributed by atoms with E-state index in [2.05, 4.69) is 10.3 Å². The molecule has 0 fully saturated rings. The second-order valence-corrected chi connectivity index (χ2v) is 3.16. The molecule has 0 aliphatic heterocycles. The van der Waals surface area contributed by atoms with Crippen molar-refractivity contribution in [3.63, 3.8) is 0 Å². The third-order valence-electron chi connectivity index (χ3n) is 1.15. The Balaban J connectivity index is 2.96. The van der Waals surface area contributed by atoms with Crippen molar-refractivity contribution in [2.45, 2.75) is 26.3 Å². The minimum Gasteiger partial charge on any atom is -0.244 e. The van der Waals surface area contributed by atoms with Crippen molar-refractivity contribution < 1.29 is 4.39 Å². The maximum atomic E-state index is 12.3. The number of aromatic nitrogens is 3. The number of hydrogen-bond donors (Lipinski definition) is 0. The zero-order valence-corrected chi connectivity index (χ0v) is 6.30. The van der Waals surface area contributed by atoms with E-state index in [0.29, 0.717) is 0 Å². The van der Waals surface area contributed by atoms with E-state index in [0.717, 1.165) is 0 Å². The van der Waals surface area contributed by atoms with Crippen molar-refractivity contribution >= 4 is 0 Å². The molecule has 4 heteroatoms. The summed E-state index contributed by atoms with van der Waals surface area (Å²) in [6.07, 6.45) is 1.28. The molecule has 0 amide bonds.